The third kappa shape index (κ3) is 6.67. The summed E-state index contributed by atoms with van der Waals surface area (Å²) in [6.45, 7) is -1.67. The number of rotatable bonds is 5. The van der Waals surface area contributed by atoms with Crippen molar-refractivity contribution in [2.75, 3.05) is 11.9 Å². The quantitative estimate of drug-likeness (QED) is 0.610. The Hall–Kier alpha value is -2.68. The highest BCUT2D eigenvalue weighted by Crippen LogP contribution is 2.18. The van der Waals surface area contributed by atoms with Crippen molar-refractivity contribution in [1.82, 2.24) is 5.32 Å². The minimum absolute atomic E-state index is 0.0222. The van der Waals surface area contributed by atoms with E-state index in [9.17, 15) is 22.8 Å². The molecule has 0 aliphatic heterocycles. The van der Waals surface area contributed by atoms with E-state index in [1.807, 2.05) is 36.4 Å². The lowest BCUT2D eigenvalue weighted by molar-refractivity contribution is -0.186. The Labute approximate surface area is 152 Å². The fraction of sp³-hybridized carbons (Fsp3) is 0.235. The summed E-state index contributed by atoms with van der Waals surface area (Å²) in [5.41, 5.74) is 0.665. The number of alkyl halides is 3. The zero-order valence-corrected chi connectivity index (χ0v) is 14.2. The third-order valence-electron chi connectivity index (χ3n) is 3.21. The van der Waals surface area contributed by atoms with Crippen LogP contribution in [0, 0.1) is 0 Å². The maximum Gasteiger partial charge on any atom is 0.422 e. The number of carbonyl (C=O) groups is 2. The number of fused-ring (bicyclic) bond motifs is 1. The van der Waals surface area contributed by atoms with Crippen LogP contribution < -0.4 is 10.6 Å². The number of benzene rings is 2. The molecular weight excluding hydrogens is 369 g/mol. The topological polar surface area (TPSA) is 67.4 Å². The second kappa shape index (κ2) is 8.61. The highest BCUT2D eigenvalue weighted by molar-refractivity contribution is 7.80. The van der Waals surface area contributed by atoms with Crippen LogP contribution in [0.2, 0.25) is 0 Å². The van der Waals surface area contributed by atoms with Crippen LogP contribution in [-0.2, 0) is 14.3 Å². The summed E-state index contributed by atoms with van der Waals surface area (Å²) >= 11 is 5.01. The number of esters is 1. The minimum atomic E-state index is -4.59. The molecule has 0 aliphatic rings. The zero-order valence-electron chi connectivity index (χ0n) is 13.4. The smallest absolute Gasteiger partial charge is 0.422 e. The fourth-order valence-electron chi connectivity index (χ4n) is 2.07. The molecule has 0 fully saturated rings. The van der Waals surface area contributed by atoms with Crippen LogP contribution in [0.5, 0.6) is 0 Å². The van der Waals surface area contributed by atoms with Crippen LogP contribution in [0.25, 0.3) is 10.8 Å². The van der Waals surface area contributed by atoms with E-state index in [1.54, 1.807) is 6.07 Å². The molecule has 1 amide bonds. The lowest BCUT2D eigenvalue weighted by atomic mass is 10.1. The minimum Gasteiger partial charge on any atom is -0.456 e. The first-order valence-corrected chi connectivity index (χ1v) is 7.96. The molecule has 138 valence electrons. The van der Waals surface area contributed by atoms with Gasteiger partial charge in [0.2, 0.25) is 5.91 Å². The normalized spacial score (nSPS) is 11.0. The lowest BCUT2D eigenvalue weighted by Gasteiger charge is -2.10. The number of hydrogen-bond donors (Lipinski definition) is 2. The van der Waals surface area contributed by atoms with Crippen molar-refractivity contribution in [3.63, 3.8) is 0 Å². The van der Waals surface area contributed by atoms with Gasteiger partial charge in [-0.3, -0.25) is 9.59 Å². The summed E-state index contributed by atoms with van der Waals surface area (Å²) in [5, 5.41) is 7.24. The number of ether oxygens (including phenoxy) is 1. The highest BCUT2D eigenvalue weighted by Gasteiger charge is 2.29. The highest BCUT2D eigenvalue weighted by atomic mass is 32.1. The summed E-state index contributed by atoms with van der Waals surface area (Å²) in [6, 6.07) is 13.2. The Morgan fingerprint density at radius 3 is 2.42 bits per heavy atom. The maximum atomic E-state index is 11.9. The van der Waals surface area contributed by atoms with Gasteiger partial charge in [0, 0.05) is 12.1 Å². The molecule has 0 aliphatic carbocycles. The molecule has 0 spiro atoms. The van der Waals surface area contributed by atoms with Crippen molar-refractivity contribution in [2.24, 2.45) is 0 Å². The summed E-state index contributed by atoms with van der Waals surface area (Å²) in [6.07, 6.45) is -5.40. The van der Waals surface area contributed by atoms with E-state index in [4.69, 9.17) is 12.2 Å². The Balaban J connectivity index is 1.77. The van der Waals surface area contributed by atoms with Gasteiger partial charge in [-0.05, 0) is 35.1 Å². The molecule has 2 N–H and O–H groups in total. The predicted molar refractivity (Wildman–Crippen MR) is 94.6 cm³/mol. The van der Waals surface area contributed by atoms with E-state index in [0.717, 1.165) is 10.8 Å². The van der Waals surface area contributed by atoms with Crippen LogP contribution in [0.3, 0.4) is 0 Å². The predicted octanol–water partition coefficient (Wildman–Crippen LogP) is 3.54. The average molecular weight is 384 g/mol. The van der Waals surface area contributed by atoms with Gasteiger partial charge in [0.25, 0.3) is 0 Å². The molecule has 0 aromatic heterocycles. The molecule has 0 radical (unpaired) electrons. The Kier molecular flexibility index (Phi) is 6.51. The van der Waals surface area contributed by atoms with E-state index in [1.165, 1.54) is 0 Å². The van der Waals surface area contributed by atoms with Gasteiger partial charge in [0.1, 0.15) is 0 Å². The summed E-state index contributed by atoms with van der Waals surface area (Å²) < 4.78 is 39.7. The SMILES string of the molecule is O=C(CCC(=O)OCC(F)(F)F)NC(=S)Nc1ccc2ccccc2c1. The Morgan fingerprint density at radius 2 is 1.73 bits per heavy atom. The van der Waals surface area contributed by atoms with E-state index in [2.05, 4.69) is 15.4 Å². The van der Waals surface area contributed by atoms with Crippen molar-refractivity contribution in [3.8, 4) is 0 Å². The molecule has 2 rings (SSSR count). The number of thiocarbonyl (C=S) groups is 1. The van der Waals surface area contributed by atoms with Gasteiger partial charge < -0.3 is 15.4 Å². The standard InChI is InChI=1S/C17H15F3N2O3S/c18-17(19,20)10-25-15(24)8-7-14(23)22-16(26)21-13-6-5-11-3-1-2-4-12(11)9-13/h1-6,9H,7-8,10H2,(H2,21,22,23,26). The van der Waals surface area contributed by atoms with Gasteiger partial charge in [-0.15, -0.1) is 0 Å². The summed E-state index contributed by atoms with van der Waals surface area (Å²) in [5.74, 6) is -1.71. The number of carbonyl (C=O) groups excluding carboxylic acids is 2. The lowest BCUT2D eigenvalue weighted by Crippen LogP contribution is -2.34. The van der Waals surface area contributed by atoms with Crippen LogP contribution >= 0.6 is 12.2 Å². The third-order valence-corrected chi connectivity index (χ3v) is 3.42. The van der Waals surface area contributed by atoms with Crippen molar-refractivity contribution in [1.29, 1.82) is 0 Å². The van der Waals surface area contributed by atoms with Crippen molar-refractivity contribution >= 4 is 45.7 Å². The van der Waals surface area contributed by atoms with Gasteiger partial charge >= 0.3 is 12.1 Å². The second-order valence-electron chi connectivity index (χ2n) is 5.34. The molecule has 0 saturated carbocycles. The molecule has 2 aromatic rings. The Morgan fingerprint density at radius 1 is 1.04 bits per heavy atom. The Bertz CT molecular complexity index is 824. The molecule has 2 aromatic carbocycles. The first-order valence-electron chi connectivity index (χ1n) is 7.55. The molecule has 0 bridgehead atoms. The van der Waals surface area contributed by atoms with E-state index >= 15 is 0 Å². The van der Waals surface area contributed by atoms with Gasteiger partial charge in [0.15, 0.2) is 11.7 Å². The number of halogens is 3. The van der Waals surface area contributed by atoms with Gasteiger partial charge in [-0.25, -0.2) is 0 Å². The number of hydrogen-bond acceptors (Lipinski definition) is 4. The summed E-state index contributed by atoms with van der Waals surface area (Å²) in [4.78, 5) is 22.8. The van der Waals surface area contributed by atoms with Crippen LogP contribution in [0.15, 0.2) is 42.5 Å². The molecule has 9 heteroatoms. The molecular formula is C17H15F3N2O3S. The fourth-order valence-corrected chi connectivity index (χ4v) is 2.30. The zero-order chi connectivity index (χ0) is 19.2. The van der Waals surface area contributed by atoms with Crippen molar-refractivity contribution < 1.29 is 27.5 Å². The molecule has 5 nitrogen and oxygen atoms in total. The maximum absolute atomic E-state index is 11.9. The largest absolute Gasteiger partial charge is 0.456 e. The van der Waals surface area contributed by atoms with Crippen molar-refractivity contribution in [3.05, 3.63) is 42.5 Å². The average Bonchev–Trinajstić information content (AvgIpc) is 2.57. The van der Waals surface area contributed by atoms with Gasteiger partial charge in [-0.1, -0.05) is 30.3 Å². The first-order chi connectivity index (χ1) is 12.2. The molecule has 26 heavy (non-hydrogen) atoms. The number of anilines is 1. The van der Waals surface area contributed by atoms with Crippen LogP contribution in [0.1, 0.15) is 12.8 Å². The summed E-state index contributed by atoms with van der Waals surface area (Å²) in [7, 11) is 0. The molecule has 0 unspecified atom stereocenters. The van der Waals surface area contributed by atoms with Gasteiger partial charge in [-0.2, -0.15) is 13.2 Å². The number of amides is 1. The van der Waals surface area contributed by atoms with Crippen LogP contribution in [0.4, 0.5) is 18.9 Å². The number of nitrogens with one attached hydrogen (secondary N) is 2. The van der Waals surface area contributed by atoms with Crippen molar-refractivity contribution in [2.45, 2.75) is 19.0 Å². The van der Waals surface area contributed by atoms with E-state index < -0.39 is 31.1 Å². The van der Waals surface area contributed by atoms with Gasteiger partial charge in [0.05, 0.1) is 6.42 Å². The molecule has 0 saturated heterocycles. The monoisotopic (exact) mass is 384 g/mol. The van der Waals surface area contributed by atoms with Crippen LogP contribution in [-0.4, -0.2) is 29.8 Å². The van der Waals surface area contributed by atoms with E-state index in [-0.39, 0.29) is 11.5 Å². The first kappa shape index (κ1) is 19.6. The van der Waals surface area contributed by atoms with E-state index in [0.29, 0.717) is 5.69 Å². The second-order valence-corrected chi connectivity index (χ2v) is 5.75. The molecule has 0 atom stereocenters. The molecule has 0 heterocycles.